The van der Waals surface area contributed by atoms with Gasteiger partial charge in [-0.3, -0.25) is 0 Å². The molecule has 3 heteroatoms. The Kier molecular flexibility index (Phi) is 2.65. The molecule has 2 aromatic carbocycles. The van der Waals surface area contributed by atoms with Crippen LogP contribution in [0.25, 0.3) is 11.1 Å². The summed E-state index contributed by atoms with van der Waals surface area (Å²) in [5.41, 5.74) is 1.54. The summed E-state index contributed by atoms with van der Waals surface area (Å²) in [6.07, 6.45) is 0. The summed E-state index contributed by atoms with van der Waals surface area (Å²) in [6, 6.07) is 11.6. The third-order valence-corrected chi connectivity index (χ3v) is 2.26. The molecule has 1 nitrogen and oxygen atoms in total. The highest BCUT2D eigenvalue weighted by molar-refractivity contribution is 5.70. The van der Waals surface area contributed by atoms with Crippen molar-refractivity contribution in [2.24, 2.45) is 0 Å². The maximum absolute atomic E-state index is 12.9. The van der Waals surface area contributed by atoms with Crippen LogP contribution >= 0.6 is 0 Å². The van der Waals surface area contributed by atoms with E-state index >= 15 is 0 Å². The van der Waals surface area contributed by atoms with E-state index in [1.165, 1.54) is 30.3 Å². The number of halogens is 2. The smallest absolute Gasteiger partial charge is 0.124 e. The van der Waals surface area contributed by atoms with Crippen LogP contribution in [0.2, 0.25) is 0 Å². The molecule has 0 aliphatic carbocycles. The number of hydrogen-bond acceptors (Lipinski definition) is 1. The van der Waals surface area contributed by atoms with E-state index in [0.29, 0.717) is 11.1 Å². The molecule has 0 aliphatic rings. The second-order valence-electron chi connectivity index (χ2n) is 3.31. The molecule has 0 amide bonds. The molecule has 0 saturated carbocycles. The molecule has 0 aromatic heterocycles. The summed E-state index contributed by atoms with van der Waals surface area (Å²) in [7, 11) is 0. The van der Waals surface area contributed by atoms with E-state index < -0.39 is 5.82 Å². The second kappa shape index (κ2) is 4.11. The van der Waals surface area contributed by atoms with Crippen molar-refractivity contribution < 1.29 is 8.78 Å². The summed E-state index contributed by atoms with van der Waals surface area (Å²) in [5, 5.41) is 8.87. The molecule has 2 aromatic rings. The van der Waals surface area contributed by atoms with Gasteiger partial charge in [-0.15, -0.1) is 0 Å². The van der Waals surface area contributed by atoms with Crippen LogP contribution in [0.15, 0.2) is 42.5 Å². The lowest BCUT2D eigenvalue weighted by molar-refractivity contribution is 0.626. The van der Waals surface area contributed by atoms with Gasteiger partial charge >= 0.3 is 0 Å². The van der Waals surface area contributed by atoms with E-state index in [-0.39, 0.29) is 11.4 Å². The van der Waals surface area contributed by atoms with Crippen LogP contribution in [0.1, 0.15) is 5.56 Å². The average molecular weight is 215 g/mol. The minimum absolute atomic E-state index is 0.242. The van der Waals surface area contributed by atoms with Gasteiger partial charge in [0.15, 0.2) is 0 Å². The second-order valence-corrected chi connectivity index (χ2v) is 3.31. The molecular formula is C13H7F2N. The Morgan fingerprint density at radius 1 is 0.875 bits per heavy atom. The summed E-state index contributed by atoms with van der Waals surface area (Å²) in [5.74, 6) is -0.799. The molecule has 16 heavy (non-hydrogen) atoms. The lowest BCUT2D eigenvalue weighted by atomic mass is 10.0. The van der Waals surface area contributed by atoms with Crippen molar-refractivity contribution in [3.8, 4) is 17.2 Å². The minimum Gasteiger partial charge on any atom is -0.207 e. The standard InChI is InChI=1S/C13H7F2N/c14-11-3-1-9(2-4-11)13-6-5-12(15)7-10(13)8-16/h1-7H. The Bertz CT molecular complexity index is 553. The highest BCUT2D eigenvalue weighted by Crippen LogP contribution is 2.24. The van der Waals surface area contributed by atoms with E-state index in [1.807, 2.05) is 6.07 Å². The van der Waals surface area contributed by atoms with Crippen LogP contribution in [-0.4, -0.2) is 0 Å². The number of nitriles is 1. The third-order valence-electron chi connectivity index (χ3n) is 2.26. The van der Waals surface area contributed by atoms with Crippen molar-refractivity contribution in [3.05, 3.63) is 59.7 Å². The van der Waals surface area contributed by atoms with Crippen molar-refractivity contribution in [1.82, 2.24) is 0 Å². The summed E-state index contributed by atoms with van der Waals surface area (Å²) < 4.78 is 25.6. The van der Waals surface area contributed by atoms with E-state index in [1.54, 1.807) is 12.1 Å². The Hall–Kier alpha value is -2.21. The van der Waals surface area contributed by atoms with Gasteiger partial charge in [0.2, 0.25) is 0 Å². The van der Waals surface area contributed by atoms with E-state index in [2.05, 4.69) is 0 Å². The molecule has 0 N–H and O–H groups in total. The first-order valence-electron chi connectivity index (χ1n) is 4.66. The Balaban J connectivity index is 2.56. The van der Waals surface area contributed by atoms with Gasteiger partial charge in [-0.25, -0.2) is 8.78 Å². The fraction of sp³-hybridized carbons (Fsp3) is 0. The molecule has 0 unspecified atom stereocenters. The predicted octanol–water partition coefficient (Wildman–Crippen LogP) is 3.50. The third kappa shape index (κ3) is 1.91. The van der Waals surface area contributed by atoms with E-state index in [0.717, 1.165) is 0 Å². The summed E-state index contributed by atoms with van der Waals surface area (Å²) >= 11 is 0. The predicted molar refractivity (Wildman–Crippen MR) is 56.5 cm³/mol. The van der Waals surface area contributed by atoms with Crippen LogP contribution in [0.5, 0.6) is 0 Å². The maximum Gasteiger partial charge on any atom is 0.124 e. The van der Waals surface area contributed by atoms with Crippen LogP contribution in [-0.2, 0) is 0 Å². The van der Waals surface area contributed by atoms with Crippen LogP contribution in [0, 0.1) is 23.0 Å². The molecule has 0 fully saturated rings. The number of hydrogen-bond donors (Lipinski definition) is 0. The van der Waals surface area contributed by atoms with Crippen LogP contribution in [0.4, 0.5) is 8.78 Å². The van der Waals surface area contributed by atoms with Crippen LogP contribution in [0.3, 0.4) is 0 Å². The first-order chi connectivity index (χ1) is 7.70. The number of nitrogens with zero attached hydrogens (tertiary/aromatic N) is 1. The molecule has 0 heterocycles. The zero-order chi connectivity index (χ0) is 11.5. The highest BCUT2D eigenvalue weighted by atomic mass is 19.1. The zero-order valence-electron chi connectivity index (χ0n) is 8.24. The van der Waals surface area contributed by atoms with Crippen molar-refractivity contribution >= 4 is 0 Å². The maximum atomic E-state index is 12.9. The zero-order valence-corrected chi connectivity index (χ0v) is 8.24. The Morgan fingerprint density at radius 3 is 2.12 bits per heavy atom. The molecule has 0 spiro atoms. The van der Waals surface area contributed by atoms with Gasteiger partial charge in [0.1, 0.15) is 11.6 Å². The molecule has 0 saturated heterocycles. The monoisotopic (exact) mass is 215 g/mol. The van der Waals surface area contributed by atoms with Crippen molar-refractivity contribution in [2.75, 3.05) is 0 Å². The molecule has 2 rings (SSSR count). The Morgan fingerprint density at radius 2 is 1.50 bits per heavy atom. The number of benzene rings is 2. The minimum atomic E-state index is -0.456. The van der Waals surface area contributed by atoms with Crippen molar-refractivity contribution in [2.45, 2.75) is 0 Å². The first-order valence-corrected chi connectivity index (χ1v) is 4.66. The van der Waals surface area contributed by atoms with Crippen LogP contribution < -0.4 is 0 Å². The van der Waals surface area contributed by atoms with Gasteiger partial charge in [-0.2, -0.15) is 5.26 Å². The van der Waals surface area contributed by atoms with Crippen molar-refractivity contribution in [3.63, 3.8) is 0 Å². The van der Waals surface area contributed by atoms with Gasteiger partial charge in [-0.05, 0) is 35.4 Å². The summed E-state index contributed by atoms with van der Waals surface area (Å²) in [6.45, 7) is 0. The van der Waals surface area contributed by atoms with Gasteiger partial charge < -0.3 is 0 Å². The topological polar surface area (TPSA) is 23.8 Å². The average Bonchev–Trinajstić information content (AvgIpc) is 2.30. The molecule has 0 atom stereocenters. The summed E-state index contributed by atoms with van der Waals surface area (Å²) in [4.78, 5) is 0. The normalized spacial score (nSPS) is 9.81. The quantitative estimate of drug-likeness (QED) is 0.714. The fourth-order valence-electron chi connectivity index (χ4n) is 1.49. The van der Waals surface area contributed by atoms with Gasteiger partial charge in [0.25, 0.3) is 0 Å². The van der Waals surface area contributed by atoms with Gasteiger partial charge in [-0.1, -0.05) is 18.2 Å². The molecule has 0 bridgehead atoms. The SMILES string of the molecule is N#Cc1cc(F)ccc1-c1ccc(F)cc1. The lowest BCUT2D eigenvalue weighted by Gasteiger charge is -2.03. The lowest BCUT2D eigenvalue weighted by Crippen LogP contribution is -1.86. The Labute approximate surface area is 91.6 Å². The highest BCUT2D eigenvalue weighted by Gasteiger charge is 2.05. The molecule has 0 aliphatic heterocycles. The first kappa shape index (κ1) is 10.3. The van der Waals surface area contributed by atoms with Gasteiger partial charge in [0.05, 0.1) is 11.6 Å². The van der Waals surface area contributed by atoms with Gasteiger partial charge in [0, 0.05) is 0 Å². The molecular weight excluding hydrogens is 208 g/mol. The largest absolute Gasteiger partial charge is 0.207 e. The number of rotatable bonds is 1. The molecule has 78 valence electrons. The molecule has 0 radical (unpaired) electrons. The van der Waals surface area contributed by atoms with E-state index in [4.69, 9.17) is 5.26 Å². The van der Waals surface area contributed by atoms with Crippen molar-refractivity contribution in [1.29, 1.82) is 5.26 Å². The van der Waals surface area contributed by atoms with E-state index in [9.17, 15) is 8.78 Å². The fourth-order valence-corrected chi connectivity index (χ4v) is 1.49.